The van der Waals surface area contributed by atoms with Crippen LogP contribution in [-0.2, 0) is 13.1 Å². The number of imidazole rings is 1. The highest BCUT2D eigenvalue weighted by Crippen LogP contribution is 2.30. The zero-order valence-corrected chi connectivity index (χ0v) is 20.8. The molecule has 5 aromatic rings. The minimum atomic E-state index is -0.157. The molecular weight excluding hydrogens is 476 g/mol. The first-order valence-corrected chi connectivity index (χ1v) is 12.0. The van der Waals surface area contributed by atoms with Crippen LogP contribution in [0.2, 0.25) is 5.02 Å². The molecule has 0 radical (unpaired) electrons. The molecule has 0 saturated carbocycles. The molecule has 0 aliphatic carbocycles. The SMILES string of the molecule is COc1ccc(-n2c(=O)n(Cc3cc4cc(Cl)ccc4n3CCCC#N)c3ccccc32)cc1OC. The number of benzene rings is 3. The Kier molecular flexibility index (Phi) is 6.45. The van der Waals surface area contributed by atoms with Crippen LogP contribution < -0.4 is 15.2 Å². The third-order valence-corrected chi connectivity index (χ3v) is 6.64. The van der Waals surface area contributed by atoms with Crippen molar-refractivity contribution in [2.45, 2.75) is 25.9 Å². The van der Waals surface area contributed by atoms with Crippen molar-refractivity contribution in [2.24, 2.45) is 0 Å². The van der Waals surface area contributed by atoms with E-state index in [1.54, 1.807) is 35.5 Å². The maximum Gasteiger partial charge on any atom is 0.334 e. The first-order valence-electron chi connectivity index (χ1n) is 11.6. The van der Waals surface area contributed by atoms with E-state index in [1.165, 1.54) is 0 Å². The Balaban J connectivity index is 1.66. The van der Waals surface area contributed by atoms with Gasteiger partial charge < -0.3 is 14.0 Å². The second-order valence-corrected chi connectivity index (χ2v) is 8.92. The molecule has 3 aromatic carbocycles. The molecule has 0 atom stereocenters. The monoisotopic (exact) mass is 500 g/mol. The average molecular weight is 501 g/mol. The van der Waals surface area contributed by atoms with E-state index in [4.69, 9.17) is 26.3 Å². The second kappa shape index (κ2) is 9.84. The molecule has 2 heterocycles. The third kappa shape index (κ3) is 4.10. The van der Waals surface area contributed by atoms with Crippen LogP contribution in [0.1, 0.15) is 18.5 Å². The van der Waals surface area contributed by atoms with Gasteiger partial charge in [-0.05, 0) is 55.0 Å². The highest BCUT2D eigenvalue weighted by molar-refractivity contribution is 6.31. The molecule has 2 aromatic heterocycles. The molecule has 0 aliphatic heterocycles. The third-order valence-electron chi connectivity index (χ3n) is 6.40. The summed E-state index contributed by atoms with van der Waals surface area (Å²) in [6.07, 6.45) is 1.18. The summed E-state index contributed by atoms with van der Waals surface area (Å²) in [7, 11) is 3.16. The van der Waals surface area contributed by atoms with E-state index in [1.807, 2.05) is 48.5 Å². The highest BCUT2D eigenvalue weighted by atomic mass is 35.5. The van der Waals surface area contributed by atoms with Crippen molar-refractivity contribution >= 4 is 33.5 Å². The number of nitriles is 1. The quantitative estimate of drug-likeness (QED) is 0.253. The molecular formula is C28H25ClN4O3. The Hall–Kier alpha value is -4.15. The van der Waals surface area contributed by atoms with Crippen molar-refractivity contribution in [3.05, 3.63) is 87.9 Å². The van der Waals surface area contributed by atoms with Gasteiger partial charge in [-0.15, -0.1) is 0 Å². The van der Waals surface area contributed by atoms with Crippen LogP contribution in [0.15, 0.2) is 71.5 Å². The lowest BCUT2D eigenvalue weighted by Crippen LogP contribution is -2.24. The van der Waals surface area contributed by atoms with Gasteiger partial charge in [-0.2, -0.15) is 5.26 Å². The lowest BCUT2D eigenvalue weighted by molar-refractivity contribution is 0.355. The van der Waals surface area contributed by atoms with Gasteiger partial charge in [0.1, 0.15) is 0 Å². The normalized spacial score (nSPS) is 11.2. The maximum atomic E-state index is 13.9. The summed E-state index contributed by atoms with van der Waals surface area (Å²) in [4.78, 5) is 13.9. The van der Waals surface area contributed by atoms with Crippen molar-refractivity contribution in [3.8, 4) is 23.3 Å². The number of hydrogen-bond donors (Lipinski definition) is 0. The van der Waals surface area contributed by atoms with Gasteiger partial charge in [-0.1, -0.05) is 23.7 Å². The smallest absolute Gasteiger partial charge is 0.334 e. The van der Waals surface area contributed by atoms with E-state index < -0.39 is 0 Å². The molecule has 7 nitrogen and oxygen atoms in total. The predicted molar refractivity (Wildman–Crippen MR) is 142 cm³/mol. The summed E-state index contributed by atoms with van der Waals surface area (Å²) in [5.41, 5.74) is 4.16. The number of ether oxygens (including phenoxy) is 2. The van der Waals surface area contributed by atoms with Crippen LogP contribution in [0.4, 0.5) is 0 Å². The maximum absolute atomic E-state index is 13.9. The molecule has 0 fully saturated rings. The number of aromatic nitrogens is 3. The number of aryl methyl sites for hydroxylation is 1. The Labute approximate surface area is 213 Å². The number of methoxy groups -OCH3 is 2. The summed E-state index contributed by atoms with van der Waals surface area (Å²) in [6, 6.07) is 23.3. The van der Waals surface area contributed by atoms with Gasteiger partial charge in [-0.3, -0.25) is 9.13 Å². The first-order chi connectivity index (χ1) is 17.5. The van der Waals surface area contributed by atoms with E-state index >= 15 is 0 Å². The van der Waals surface area contributed by atoms with E-state index in [2.05, 4.69) is 16.7 Å². The molecule has 36 heavy (non-hydrogen) atoms. The van der Waals surface area contributed by atoms with E-state index in [0.717, 1.165) is 34.1 Å². The topological polar surface area (TPSA) is 74.1 Å². The number of halogens is 1. The summed E-state index contributed by atoms with van der Waals surface area (Å²) < 4.78 is 16.5. The first kappa shape index (κ1) is 23.6. The molecule has 182 valence electrons. The van der Waals surface area contributed by atoms with Crippen molar-refractivity contribution in [1.82, 2.24) is 13.7 Å². The van der Waals surface area contributed by atoms with Gasteiger partial charge in [0.15, 0.2) is 11.5 Å². The summed E-state index contributed by atoms with van der Waals surface area (Å²) >= 11 is 6.26. The fourth-order valence-corrected chi connectivity index (χ4v) is 4.93. The Morgan fingerprint density at radius 1 is 0.889 bits per heavy atom. The Morgan fingerprint density at radius 2 is 1.67 bits per heavy atom. The van der Waals surface area contributed by atoms with E-state index in [0.29, 0.717) is 41.7 Å². The molecule has 0 N–H and O–H groups in total. The lowest BCUT2D eigenvalue weighted by atomic mass is 10.2. The van der Waals surface area contributed by atoms with E-state index in [-0.39, 0.29) is 5.69 Å². The van der Waals surface area contributed by atoms with Crippen molar-refractivity contribution in [1.29, 1.82) is 5.26 Å². The van der Waals surface area contributed by atoms with Crippen molar-refractivity contribution in [3.63, 3.8) is 0 Å². The number of fused-ring (bicyclic) bond motifs is 2. The van der Waals surface area contributed by atoms with Gasteiger partial charge in [0.25, 0.3) is 0 Å². The average Bonchev–Trinajstić information content (AvgIpc) is 3.37. The van der Waals surface area contributed by atoms with Crippen LogP contribution >= 0.6 is 11.6 Å². The molecule has 0 saturated heterocycles. The van der Waals surface area contributed by atoms with Gasteiger partial charge in [-0.25, -0.2) is 4.79 Å². The van der Waals surface area contributed by atoms with Crippen LogP contribution in [0, 0.1) is 11.3 Å². The molecule has 8 heteroatoms. The fourth-order valence-electron chi connectivity index (χ4n) is 4.75. The summed E-state index contributed by atoms with van der Waals surface area (Å²) in [5.74, 6) is 1.15. The number of hydrogen-bond acceptors (Lipinski definition) is 4. The number of nitrogens with zero attached hydrogens (tertiary/aromatic N) is 4. The zero-order chi connectivity index (χ0) is 25.2. The number of para-hydroxylation sites is 2. The Morgan fingerprint density at radius 3 is 2.42 bits per heavy atom. The lowest BCUT2D eigenvalue weighted by Gasteiger charge is -2.11. The summed E-state index contributed by atoms with van der Waals surface area (Å²) in [5, 5.41) is 10.7. The minimum absolute atomic E-state index is 0.157. The van der Waals surface area contributed by atoms with Gasteiger partial charge in [0.2, 0.25) is 0 Å². The standard InChI is InChI=1S/C28H25ClN4O3/c1-35-26-12-10-21(17-27(26)36-2)33-25-8-4-3-7-24(25)32(28(33)34)18-22-16-19-15-20(29)9-11-23(19)31(22)14-6-5-13-30/h3-4,7-12,15-17H,5-6,14,18H2,1-2H3. The molecule has 0 aliphatic rings. The predicted octanol–water partition coefficient (Wildman–Crippen LogP) is 5.77. The van der Waals surface area contributed by atoms with Gasteiger partial charge in [0, 0.05) is 40.7 Å². The van der Waals surface area contributed by atoms with Crippen LogP contribution in [-0.4, -0.2) is 27.9 Å². The van der Waals surface area contributed by atoms with Crippen LogP contribution in [0.25, 0.3) is 27.6 Å². The Bertz CT molecular complexity index is 1670. The number of rotatable bonds is 8. The van der Waals surface area contributed by atoms with Crippen molar-refractivity contribution < 1.29 is 9.47 Å². The van der Waals surface area contributed by atoms with Gasteiger partial charge >= 0.3 is 5.69 Å². The minimum Gasteiger partial charge on any atom is -0.493 e. The molecule has 0 amide bonds. The largest absolute Gasteiger partial charge is 0.493 e. The molecule has 0 bridgehead atoms. The second-order valence-electron chi connectivity index (χ2n) is 8.48. The molecule has 5 rings (SSSR count). The van der Waals surface area contributed by atoms with Crippen molar-refractivity contribution in [2.75, 3.05) is 14.2 Å². The molecule has 0 unspecified atom stereocenters. The molecule has 0 spiro atoms. The fraction of sp³-hybridized carbons (Fsp3) is 0.214. The number of unbranched alkanes of at least 4 members (excludes halogenated alkanes) is 1. The van der Waals surface area contributed by atoms with E-state index in [9.17, 15) is 4.79 Å². The zero-order valence-electron chi connectivity index (χ0n) is 20.1. The van der Waals surface area contributed by atoms with Crippen LogP contribution in [0.3, 0.4) is 0 Å². The van der Waals surface area contributed by atoms with Crippen LogP contribution in [0.5, 0.6) is 11.5 Å². The van der Waals surface area contributed by atoms with Gasteiger partial charge in [0.05, 0.1) is 43.6 Å². The highest BCUT2D eigenvalue weighted by Gasteiger charge is 2.18. The summed E-state index contributed by atoms with van der Waals surface area (Å²) in [6.45, 7) is 1.05.